The van der Waals surface area contributed by atoms with Crippen LogP contribution in [0.2, 0.25) is 0 Å². The van der Waals surface area contributed by atoms with Crippen LogP contribution >= 0.6 is 0 Å². The molecule has 1 N–H and O–H groups in total. The highest BCUT2D eigenvalue weighted by atomic mass is 15.3. The van der Waals surface area contributed by atoms with E-state index in [1.165, 1.54) is 39.0 Å². The molecule has 2 rings (SSSR count). The number of hydrogen-bond acceptors (Lipinski definition) is 3. The molecule has 1 heterocycles. The number of rotatable bonds is 5. The van der Waals surface area contributed by atoms with Crippen LogP contribution in [0.15, 0.2) is 0 Å². The fourth-order valence-corrected chi connectivity index (χ4v) is 2.96. The molecule has 2 fully saturated rings. The molecule has 100 valence electrons. The smallest absolute Gasteiger partial charge is 0.0247 e. The fourth-order valence-electron chi connectivity index (χ4n) is 2.96. The van der Waals surface area contributed by atoms with E-state index in [9.17, 15) is 0 Å². The summed E-state index contributed by atoms with van der Waals surface area (Å²) in [6, 6.07) is 2.24. The standard InChI is InChI=1S/C14H29N3/c1-11(2)14(9-15-13-5-6-13)17-8-7-16(4)10-12(17)3/h11-15H,5-10H2,1-4H3. The van der Waals surface area contributed by atoms with Gasteiger partial charge in [0.2, 0.25) is 0 Å². The first-order valence-electron chi connectivity index (χ1n) is 7.25. The Hall–Kier alpha value is -0.120. The van der Waals surface area contributed by atoms with E-state index in [-0.39, 0.29) is 0 Å². The summed E-state index contributed by atoms with van der Waals surface area (Å²) < 4.78 is 0. The van der Waals surface area contributed by atoms with Crippen molar-refractivity contribution < 1.29 is 0 Å². The molecule has 0 radical (unpaired) electrons. The van der Waals surface area contributed by atoms with Crippen molar-refractivity contribution in [2.24, 2.45) is 5.92 Å². The van der Waals surface area contributed by atoms with E-state index in [1.807, 2.05) is 0 Å². The van der Waals surface area contributed by atoms with Crippen LogP contribution in [0.5, 0.6) is 0 Å². The van der Waals surface area contributed by atoms with Gasteiger partial charge in [-0.2, -0.15) is 0 Å². The maximum atomic E-state index is 3.71. The summed E-state index contributed by atoms with van der Waals surface area (Å²) in [7, 11) is 2.24. The summed E-state index contributed by atoms with van der Waals surface area (Å²) in [5.74, 6) is 0.743. The average molecular weight is 239 g/mol. The molecular formula is C14H29N3. The van der Waals surface area contributed by atoms with E-state index in [4.69, 9.17) is 0 Å². The zero-order valence-electron chi connectivity index (χ0n) is 11.9. The van der Waals surface area contributed by atoms with Gasteiger partial charge in [-0.05, 0) is 32.7 Å². The highest BCUT2D eigenvalue weighted by Gasteiger charge is 2.31. The van der Waals surface area contributed by atoms with Gasteiger partial charge in [-0.15, -0.1) is 0 Å². The molecule has 0 spiro atoms. The summed E-state index contributed by atoms with van der Waals surface area (Å²) in [5, 5.41) is 3.71. The van der Waals surface area contributed by atoms with Crippen molar-refractivity contribution in [2.75, 3.05) is 33.2 Å². The molecule has 1 aliphatic carbocycles. The molecule has 3 nitrogen and oxygen atoms in total. The number of nitrogens with zero attached hydrogens (tertiary/aromatic N) is 2. The maximum absolute atomic E-state index is 3.71. The van der Waals surface area contributed by atoms with Gasteiger partial charge in [0.25, 0.3) is 0 Å². The summed E-state index contributed by atoms with van der Waals surface area (Å²) in [6.45, 7) is 11.9. The monoisotopic (exact) mass is 239 g/mol. The predicted molar refractivity (Wildman–Crippen MR) is 73.3 cm³/mol. The molecule has 0 amide bonds. The van der Waals surface area contributed by atoms with E-state index in [2.05, 4.69) is 42.9 Å². The molecule has 2 aliphatic rings. The normalized spacial score (nSPS) is 29.8. The second kappa shape index (κ2) is 5.68. The molecule has 0 aromatic carbocycles. The lowest BCUT2D eigenvalue weighted by Crippen LogP contribution is -2.58. The summed E-state index contributed by atoms with van der Waals surface area (Å²) in [5.41, 5.74) is 0. The Bertz CT molecular complexity index is 238. The Labute approximate surface area is 107 Å². The lowest BCUT2D eigenvalue weighted by Gasteiger charge is -2.44. The first kappa shape index (κ1) is 13.3. The molecule has 1 aliphatic heterocycles. The van der Waals surface area contributed by atoms with Crippen molar-refractivity contribution in [1.29, 1.82) is 0 Å². The van der Waals surface area contributed by atoms with Crippen molar-refractivity contribution in [2.45, 2.75) is 51.7 Å². The lowest BCUT2D eigenvalue weighted by molar-refractivity contribution is 0.0422. The van der Waals surface area contributed by atoms with E-state index in [1.54, 1.807) is 0 Å². The second-order valence-electron chi connectivity index (χ2n) is 6.34. The SMILES string of the molecule is CC(C)C(CNC1CC1)N1CCN(C)CC1C. The van der Waals surface area contributed by atoms with Gasteiger partial charge in [-0.1, -0.05) is 13.8 Å². The topological polar surface area (TPSA) is 18.5 Å². The van der Waals surface area contributed by atoms with Gasteiger partial charge in [0, 0.05) is 44.3 Å². The van der Waals surface area contributed by atoms with E-state index < -0.39 is 0 Å². The molecule has 2 unspecified atom stereocenters. The van der Waals surface area contributed by atoms with Crippen LogP contribution < -0.4 is 5.32 Å². The van der Waals surface area contributed by atoms with Crippen LogP contribution in [0, 0.1) is 5.92 Å². The van der Waals surface area contributed by atoms with E-state index >= 15 is 0 Å². The number of likely N-dealkylation sites (N-methyl/N-ethyl adjacent to an activating group) is 1. The van der Waals surface area contributed by atoms with Gasteiger partial charge in [-0.3, -0.25) is 4.90 Å². The largest absolute Gasteiger partial charge is 0.312 e. The van der Waals surface area contributed by atoms with Gasteiger partial charge in [0.1, 0.15) is 0 Å². The third-order valence-electron chi connectivity index (χ3n) is 4.27. The Morgan fingerprint density at radius 2 is 1.94 bits per heavy atom. The van der Waals surface area contributed by atoms with Crippen LogP contribution in [-0.4, -0.2) is 61.2 Å². The summed E-state index contributed by atoms with van der Waals surface area (Å²) in [6.07, 6.45) is 2.78. The van der Waals surface area contributed by atoms with Gasteiger partial charge in [0.05, 0.1) is 0 Å². The molecule has 1 saturated carbocycles. The Morgan fingerprint density at radius 1 is 1.24 bits per heavy atom. The quantitative estimate of drug-likeness (QED) is 0.782. The van der Waals surface area contributed by atoms with Crippen molar-refractivity contribution in [3.8, 4) is 0 Å². The Balaban J connectivity index is 1.89. The third kappa shape index (κ3) is 3.67. The third-order valence-corrected chi connectivity index (χ3v) is 4.27. The van der Waals surface area contributed by atoms with Crippen molar-refractivity contribution in [3.05, 3.63) is 0 Å². The minimum atomic E-state index is 0.696. The summed E-state index contributed by atoms with van der Waals surface area (Å²) in [4.78, 5) is 5.17. The Kier molecular flexibility index (Phi) is 4.45. The number of piperazine rings is 1. The predicted octanol–water partition coefficient (Wildman–Crippen LogP) is 1.40. The molecular weight excluding hydrogens is 210 g/mol. The van der Waals surface area contributed by atoms with Crippen LogP contribution in [0.1, 0.15) is 33.6 Å². The van der Waals surface area contributed by atoms with Gasteiger partial charge < -0.3 is 10.2 Å². The van der Waals surface area contributed by atoms with Crippen LogP contribution in [0.25, 0.3) is 0 Å². The zero-order valence-corrected chi connectivity index (χ0v) is 11.9. The van der Waals surface area contributed by atoms with E-state index in [0.29, 0.717) is 12.1 Å². The fraction of sp³-hybridized carbons (Fsp3) is 1.00. The van der Waals surface area contributed by atoms with Gasteiger partial charge >= 0.3 is 0 Å². The highest BCUT2D eigenvalue weighted by molar-refractivity contribution is 4.89. The molecule has 0 bridgehead atoms. The van der Waals surface area contributed by atoms with Gasteiger partial charge in [-0.25, -0.2) is 0 Å². The number of hydrogen-bond donors (Lipinski definition) is 1. The highest BCUT2D eigenvalue weighted by Crippen LogP contribution is 2.21. The molecule has 1 saturated heterocycles. The van der Waals surface area contributed by atoms with E-state index in [0.717, 1.165) is 12.0 Å². The van der Waals surface area contributed by atoms with Crippen LogP contribution in [-0.2, 0) is 0 Å². The molecule has 0 aromatic heterocycles. The lowest BCUT2D eigenvalue weighted by atomic mass is 9.99. The first-order valence-corrected chi connectivity index (χ1v) is 7.25. The van der Waals surface area contributed by atoms with Crippen LogP contribution in [0.3, 0.4) is 0 Å². The zero-order chi connectivity index (χ0) is 12.4. The number of nitrogens with one attached hydrogen (secondary N) is 1. The molecule has 3 heteroatoms. The average Bonchev–Trinajstić information content (AvgIpc) is 3.04. The summed E-state index contributed by atoms with van der Waals surface area (Å²) >= 11 is 0. The maximum Gasteiger partial charge on any atom is 0.0247 e. The minimum Gasteiger partial charge on any atom is -0.312 e. The Morgan fingerprint density at radius 3 is 2.47 bits per heavy atom. The van der Waals surface area contributed by atoms with Crippen LogP contribution in [0.4, 0.5) is 0 Å². The minimum absolute atomic E-state index is 0.696. The molecule has 2 atom stereocenters. The van der Waals surface area contributed by atoms with Crippen molar-refractivity contribution in [1.82, 2.24) is 15.1 Å². The second-order valence-corrected chi connectivity index (χ2v) is 6.34. The first-order chi connectivity index (χ1) is 8.08. The molecule has 0 aromatic rings. The molecule has 17 heavy (non-hydrogen) atoms. The van der Waals surface area contributed by atoms with Gasteiger partial charge in [0.15, 0.2) is 0 Å². The van der Waals surface area contributed by atoms with Crippen molar-refractivity contribution >= 4 is 0 Å². The van der Waals surface area contributed by atoms with Crippen molar-refractivity contribution in [3.63, 3.8) is 0 Å².